The van der Waals surface area contributed by atoms with Crippen molar-refractivity contribution in [3.8, 4) is 0 Å². The third-order valence-electron chi connectivity index (χ3n) is 3.47. The third-order valence-corrected chi connectivity index (χ3v) is 3.47. The zero-order valence-corrected chi connectivity index (χ0v) is 17.7. The molecule has 0 saturated carbocycles. The number of aromatic nitrogens is 4. The fraction of sp³-hybridized carbons (Fsp3) is 0.611. The third kappa shape index (κ3) is 8.83. The number of aliphatic hydroxyl groups is 1. The summed E-state index contributed by atoms with van der Waals surface area (Å²) in [5.41, 5.74) is 0.157. The van der Waals surface area contributed by atoms with Crippen molar-refractivity contribution in [2.75, 3.05) is 19.0 Å². The molecule has 1 unspecified atom stereocenters. The van der Waals surface area contributed by atoms with Crippen LogP contribution in [0.1, 0.15) is 41.0 Å². The van der Waals surface area contributed by atoms with Crippen LogP contribution in [0.3, 0.4) is 0 Å². The van der Waals surface area contributed by atoms with Crippen molar-refractivity contribution in [3.05, 3.63) is 16.7 Å². The first-order valence-electron chi connectivity index (χ1n) is 9.28. The molecule has 0 saturated heterocycles. The van der Waals surface area contributed by atoms with E-state index >= 15 is 0 Å². The van der Waals surface area contributed by atoms with Crippen molar-refractivity contribution < 1.29 is 24.5 Å². The van der Waals surface area contributed by atoms with E-state index in [-0.39, 0.29) is 36.0 Å². The van der Waals surface area contributed by atoms with Crippen LogP contribution in [-0.2, 0) is 20.9 Å². The maximum atomic E-state index is 12.0. The number of rotatable bonds is 7. The Hall–Kier alpha value is -2.79. The molecule has 0 radical (unpaired) electrons. The van der Waals surface area contributed by atoms with Gasteiger partial charge < -0.3 is 19.5 Å². The van der Waals surface area contributed by atoms with E-state index in [4.69, 9.17) is 19.7 Å². The van der Waals surface area contributed by atoms with Gasteiger partial charge in [-0.25, -0.2) is 4.98 Å². The van der Waals surface area contributed by atoms with Gasteiger partial charge >= 0.3 is 0 Å². The molecule has 11 nitrogen and oxygen atoms in total. The second-order valence-electron chi connectivity index (χ2n) is 6.02. The molecule has 164 valence electrons. The number of hydrogen-bond acceptors (Lipinski definition) is 7. The van der Waals surface area contributed by atoms with E-state index in [9.17, 15) is 9.59 Å². The summed E-state index contributed by atoms with van der Waals surface area (Å²) < 4.78 is 6.80. The Morgan fingerprint density at radius 1 is 1.34 bits per heavy atom. The smallest absolute Gasteiger partial charge is 0.300 e. The largest absolute Gasteiger partial charge is 0.481 e. The van der Waals surface area contributed by atoms with Crippen molar-refractivity contribution in [2.45, 2.75) is 53.7 Å². The molecule has 2 aromatic heterocycles. The Morgan fingerprint density at radius 2 is 1.93 bits per heavy atom. The fourth-order valence-corrected chi connectivity index (χ4v) is 2.00. The number of carboxylic acid groups (broad SMARTS) is 1. The minimum Gasteiger partial charge on any atom is -0.481 e. The zero-order chi connectivity index (χ0) is 22.6. The van der Waals surface area contributed by atoms with Crippen LogP contribution in [0, 0.1) is 5.92 Å². The number of amides is 1. The maximum Gasteiger partial charge on any atom is 0.300 e. The molecule has 4 N–H and O–H groups in total. The highest BCUT2D eigenvalue weighted by Crippen LogP contribution is 2.10. The number of carbonyl (C=O) groups excluding carboxylic acids is 1. The number of aliphatic carboxylic acids is 1. The average molecular weight is 413 g/mol. The number of ether oxygens (including phenoxy) is 1. The van der Waals surface area contributed by atoms with Gasteiger partial charge in [0.25, 0.3) is 11.5 Å². The van der Waals surface area contributed by atoms with E-state index in [2.05, 4.69) is 20.3 Å². The van der Waals surface area contributed by atoms with Gasteiger partial charge in [-0.2, -0.15) is 4.98 Å². The van der Waals surface area contributed by atoms with Gasteiger partial charge in [0.05, 0.1) is 19.0 Å². The molecule has 0 spiro atoms. The van der Waals surface area contributed by atoms with Gasteiger partial charge in [0.2, 0.25) is 11.9 Å². The lowest BCUT2D eigenvalue weighted by molar-refractivity contribution is -0.134. The Balaban J connectivity index is 0.00000116. The van der Waals surface area contributed by atoms with Gasteiger partial charge in [0.15, 0.2) is 11.2 Å². The Morgan fingerprint density at radius 3 is 2.41 bits per heavy atom. The predicted octanol–water partition coefficient (Wildman–Crippen LogP) is 1.23. The number of fused-ring (bicyclic) bond motifs is 1. The zero-order valence-electron chi connectivity index (χ0n) is 17.7. The molecule has 0 fully saturated rings. The van der Waals surface area contributed by atoms with Crippen molar-refractivity contribution in [1.29, 1.82) is 0 Å². The lowest BCUT2D eigenvalue weighted by Gasteiger charge is -2.12. The molecular weight excluding hydrogens is 382 g/mol. The van der Waals surface area contributed by atoms with E-state index in [0.29, 0.717) is 18.6 Å². The fourth-order valence-electron chi connectivity index (χ4n) is 2.00. The molecule has 2 rings (SSSR count). The Bertz CT molecular complexity index is 822. The minimum atomic E-state index is -0.833. The topological polar surface area (TPSA) is 159 Å². The Labute approximate surface area is 169 Å². The van der Waals surface area contributed by atoms with Crippen molar-refractivity contribution in [1.82, 2.24) is 19.5 Å². The molecule has 29 heavy (non-hydrogen) atoms. The summed E-state index contributed by atoms with van der Waals surface area (Å²) in [6.45, 7) is 8.96. The first-order valence-corrected chi connectivity index (χ1v) is 9.28. The summed E-state index contributed by atoms with van der Waals surface area (Å²) in [7, 11) is 1.52. The van der Waals surface area contributed by atoms with Crippen LogP contribution in [0.5, 0.6) is 0 Å². The number of imidazole rings is 1. The highest BCUT2D eigenvalue weighted by Gasteiger charge is 2.14. The number of carboxylic acids is 1. The highest BCUT2D eigenvalue weighted by atomic mass is 16.5. The van der Waals surface area contributed by atoms with E-state index in [1.54, 1.807) is 18.4 Å². The SMILES string of the molecule is CC.CC(=O)O.COC(CO)CCn1cnc2c(=O)[nH]c(NC(=O)C(C)C)nc21. The summed E-state index contributed by atoms with van der Waals surface area (Å²) in [5, 5.41) is 19.1. The van der Waals surface area contributed by atoms with Crippen molar-refractivity contribution in [3.63, 3.8) is 0 Å². The van der Waals surface area contributed by atoms with E-state index in [0.717, 1.165) is 6.92 Å². The lowest BCUT2D eigenvalue weighted by atomic mass is 10.2. The van der Waals surface area contributed by atoms with Crippen LogP contribution in [0.4, 0.5) is 5.95 Å². The van der Waals surface area contributed by atoms with Crippen molar-refractivity contribution in [2.24, 2.45) is 5.92 Å². The molecule has 0 bridgehead atoms. The van der Waals surface area contributed by atoms with Crippen LogP contribution in [0.2, 0.25) is 0 Å². The lowest BCUT2D eigenvalue weighted by Crippen LogP contribution is -2.22. The second-order valence-corrected chi connectivity index (χ2v) is 6.02. The van der Waals surface area contributed by atoms with Crippen LogP contribution >= 0.6 is 0 Å². The van der Waals surface area contributed by atoms with Gasteiger partial charge in [0.1, 0.15) is 0 Å². The normalized spacial score (nSPS) is 11.2. The Kier molecular flexibility index (Phi) is 12.1. The number of carbonyl (C=O) groups is 2. The number of nitrogens with zero attached hydrogens (tertiary/aromatic N) is 3. The molecule has 11 heteroatoms. The highest BCUT2D eigenvalue weighted by molar-refractivity contribution is 5.91. The number of H-pyrrole nitrogens is 1. The summed E-state index contributed by atoms with van der Waals surface area (Å²) in [6.07, 6.45) is 1.75. The molecular formula is C18H31N5O6. The second kappa shape index (κ2) is 13.4. The first-order chi connectivity index (χ1) is 13.7. The van der Waals surface area contributed by atoms with Crippen LogP contribution in [-0.4, -0.2) is 61.4 Å². The minimum absolute atomic E-state index is 0.0904. The quantitative estimate of drug-likeness (QED) is 0.527. The number of methoxy groups -OCH3 is 1. The molecule has 0 aliphatic carbocycles. The van der Waals surface area contributed by atoms with Crippen LogP contribution in [0.25, 0.3) is 11.2 Å². The number of anilines is 1. The molecule has 1 atom stereocenters. The number of aryl methyl sites for hydroxylation is 1. The molecule has 0 aliphatic rings. The van der Waals surface area contributed by atoms with Gasteiger partial charge in [-0.05, 0) is 6.42 Å². The number of aliphatic hydroxyl groups excluding tert-OH is 1. The predicted molar refractivity (Wildman–Crippen MR) is 109 cm³/mol. The summed E-state index contributed by atoms with van der Waals surface area (Å²) >= 11 is 0. The van der Waals surface area contributed by atoms with Gasteiger partial charge in [0, 0.05) is 26.5 Å². The number of nitrogens with one attached hydrogen (secondary N) is 2. The van der Waals surface area contributed by atoms with Crippen LogP contribution < -0.4 is 10.9 Å². The maximum absolute atomic E-state index is 12.0. The van der Waals surface area contributed by atoms with Gasteiger partial charge in [-0.15, -0.1) is 0 Å². The van der Waals surface area contributed by atoms with E-state index in [1.807, 2.05) is 13.8 Å². The molecule has 0 aliphatic heterocycles. The van der Waals surface area contributed by atoms with E-state index in [1.165, 1.54) is 13.4 Å². The molecule has 2 aromatic rings. The monoisotopic (exact) mass is 413 g/mol. The first kappa shape index (κ1) is 26.2. The van der Waals surface area contributed by atoms with E-state index < -0.39 is 11.5 Å². The van der Waals surface area contributed by atoms with Gasteiger partial charge in [-0.3, -0.25) is 24.7 Å². The average Bonchev–Trinajstić information content (AvgIpc) is 3.07. The molecule has 2 heterocycles. The summed E-state index contributed by atoms with van der Waals surface area (Å²) in [6, 6.07) is 0. The summed E-state index contributed by atoms with van der Waals surface area (Å²) in [5.74, 6) is -1.21. The summed E-state index contributed by atoms with van der Waals surface area (Å²) in [4.78, 5) is 43.6. The van der Waals surface area contributed by atoms with Gasteiger partial charge in [-0.1, -0.05) is 27.7 Å². The van der Waals surface area contributed by atoms with Crippen LogP contribution in [0.15, 0.2) is 11.1 Å². The standard InChI is InChI=1S/C14H21N5O4.C2H4O2.C2H6/c1-8(2)12(21)17-14-16-11-10(13(22)18-14)15-7-19(11)5-4-9(6-20)23-3;1-2(3)4;1-2/h7-9,20H,4-6H2,1-3H3,(H2,16,17,18,21,22);1H3,(H,3,4);1-2H3. The molecule has 0 aromatic carbocycles. The number of aromatic amines is 1. The van der Waals surface area contributed by atoms with Crippen molar-refractivity contribution >= 4 is 29.0 Å². The number of hydrogen-bond donors (Lipinski definition) is 4. The molecule has 1 amide bonds.